The summed E-state index contributed by atoms with van der Waals surface area (Å²) in [6.07, 6.45) is 0. The zero-order valence-electron chi connectivity index (χ0n) is 18.6. The van der Waals surface area contributed by atoms with Gasteiger partial charge in [0.15, 0.2) is 5.69 Å². The Bertz CT molecular complexity index is 1260. The third kappa shape index (κ3) is 5.42. The van der Waals surface area contributed by atoms with Crippen molar-refractivity contribution in [3.05, 3.63) is 108 Å². The quantitative estimate of drug-likeness (QED) is 0.395. The van der Waals surface area contributed by atoms with Crippen molar-refractivity contribution >= 4 is 17.6 Å². The van der Waals surface area contributed by atoms with Crippen LogP contribution < -0.4 is 16.4 Å². The molecule has 8 heteroatoms. The van der Waals surface area contributed by atoms with E-state index in [4.69, 9.17) is 5.73 Å². The van der Waals surface area contributed by atoms with Crippen LogP contribution in [0.2, 0.25) is 0 Å². The van der Waals surface area contributed by atoms with Crippen LogP contribution in [-0.4, -0.2) is 33.0 Å². The van der Waals surface area contributed by atoms with Gasteiger partial charge < -0.3 is 16.4 Å². The average molecular weight is 453 g/mol. The number of hydrogen-bond donors (Lipinski definition) is 3. The Kier molecular flexibility index (Phi) is 6.88. The van der Waals surface area contributed by atoms with Gasteiger partial charge in [-0.1, -0.05) is 66.7 Å². The third-order valence-electron chi connectivity index (χ3n) is 5.27. The predicted molar refractivity (Wildman–Crippen MR) is 130 cm³/mol. The number of amides is 2. The monoisotopic (exact) mass is 452 g/mol. The van der Waals surface area contributed by atoms with Gasteiger partial charge in [-0.25, -0.2) is 4.98 Å². The fourth-order valence-corrected chi connectivity index (χ4v) is 3.53. The third-order valence-corrected chi connectivity index (χ3v) is 5.27. The number of nitrogen functional groups attached to an aromatic ring is 1. The van der Waals surface area contributed by atoms with Gasteiger partial charge in [0, 0.05) is 5.56 Å². The molecule has 8 nitrogen and oxygen atoms in total. The lowest BCUT2D eigenvalue weighted by Gasteiger charge is -2.26. The molecule has 0 aliphatic carbocycles. The molecule has 4 N–H and O–H groups in total. The molecule has 0 aliphatic heterocycles. The van der Waals surface area contributed by atoms with Crippen molar-refractivity contribution in [2.24, 2.45) is 0 Å². The maximum Gasteiger partial charge on any atom is 0.272 e. The van der Waals surface area contributed by atoms with Crippen LogP contribution >= 0.6 is 0 Å². The molecule has 2 amide bonds. The number of carbonyl (C=O) groups is 2. The Morgan fingerprint density at radius 1 is 0.735 bits per heavy atom. The fourth-order valence-electron chi connectivity index (χ4n) is 3.53. The topological polar surface area (TPSA) is 123 Å². The van der Waals surface area contributed by atoms with Crippen LogP contribution in [-0.2, 0) is 0 Å². The van der Waals surface area contributed by atoms with E-state index in [9.17, 15) is 9.59 Å². The lowest BCUT2D eigenvalue weighted by Crippen LogP contribution is -2.45. The van der Waals surface area contributed by atoms with Gasteiger partial charge >= 0.3 is 0 Å². The van der Waals surface area contributed by atoms with E-state index in [0.717, 1.165) is 11.1 Å². The molecule has 2 aromatic heterocycles. The molecule has 4 rings (SSSR count). The Balaban J connectivity index is 1.54. The highest BCUT2D eigenvalue weighted by atomic mass is 16.2. The normalized spacial score (nSPS) is 12.4. The van der Waals surface area contributed by atoms with Crippen LogP contribution in [0.5, 0.6) is 0 Å². The standard InChI is InChI=1S/C26H24N6O2/c1-17(28-25(33)21-14-8-13-20(29-21)18-9-4-2-5-10-18)24(19-11-6-3-7-12-19)30-26(34)22-15-16-23(27)32-31-22/h2-17,24H,1H3,(H2,27,32)(H,28,33)(H,30,34). The van der Waals surface area contributed by atoms with Crippen LogP contribution in [0.3, 0.4) is 0 Å². The number of aromatic nitrogens is 3. The summed E-state index contributed by atoms with van der Waals surface area (Å²) in [4.78, 5) is 30.4. The predicted octanol–water partition coefficient (Wildman–Crippen LogP) is 3.41. The first-order valence-electron chi connectivity index (χ1n) is 10.8. The summed E-state index contributed by atoms with van der Waals surface area (Å²) in [5, 5.41) is 13.5. The van der Waals surface area contributed by atoms with Gasteiger partial charge in [0.1, 0.15) is 11.5 Å². The van der Waals surface area contributed by atoms with Crippen LogP contribution in [0.15, 0.2) is 91.0 Å². The van der Waals surface area contributed by atoms with Crippen LogP contribution in [0.1, 0.15) is 39.5 Å². The lowest BCUT2D eigenvalue weighted by molar-refractivity contribution is 0.0881. The van der Waals surface area contributed by atoms with Crippen LogP contribution in [0, 0.1) is 0 Å². The Morgan fingerprint density at radius 3 is 2.09 bits per heavy atom. The first kappa shape index (κ1) is 22.6. The summed E-state index contributed by atoms with van der Waals surface area (Å²) in [5.74, 6) is -0.540. The summed E-state index contributed by atoms with van der Waals surface area (Å²) >= 11 is 0. The molecular formula is C26H24N6O2. The number of hydrogen-bond acceptors (Lipinski definition) is 6. The SMILES string of the molecule is CC(NC(=O)c1cccc(-c2ccccc2)n1)C(NC(=O)c1ccc(N)nn1)c1ccccc1. The van der Waals surface area contributed by atoms with E-state index in [2.05, 4.69) is 25.8 Å². The van der Waals surface area contributed by atoms with Crippen molar-refractivity contribution in [1.82, 2.24) is 25.8 Å². The molecule has 2 atom stereocenters. The van der Waals surface area contributed by atoms with Crippen molar-refractivity contribution in [3.8, 4) is 11.3 Å². The van der Waals surface area contributed by atoms with Crippen LogP contribution in [0.25, 0.3) is 11.3 Å². The minimum atomic E-state index is -0.519. The molecule has 0 aliphatic rings. The minimum absolute atomic E-state index is 0.130. The molecule has 0 bridgehead atoms. The first-order valence-corrected chi connectivity index (χ1v) is 10.8. The highest BCUT2D eigenvalue weighted by Gasteiger charge is 2.25. The molecular weight excluding hydrogens is 428 g/mol. The summed E-state index contributed by atoms with van der Waals surface area (Å²) in [5.41, 5.74) is 8.44. The van der Waals surface area contributed by atoms with Crippen LogP contribution in [0.4, 0.5) is 5.82 Å². The smallest absolute Gasteiger partial charge is 0.272 e. The molecule has 34 heavy (non-hydrogen) atoms. The number of nitrogens with zero attached hydrogens (tertiary/aromatic N) is 3. The number of benzene rings is 2. The molecule has 0 spiro atoms. The lowest BCUT2D eigenvalue weighted by atomic mass is 10.00. The summed E-state index contributed by atoms with van der Waals surface area (Å²) in [7, 11) is 0. The Labute approximate surface area is 197 Å². The van der Waals surface area contributed by atoms with Crippen molar-refractivity contribution in [2.75, 3.05) is 5.73 Å². The van der Waals surface area contributed by atoms with Gasteiger partial charge in [-0.3, -0.25) is 9.59 Å². The van der Waals surface area contributed by atoms with E-state index in [1.54, 1.807) is 12.1 Å². The second kappa shape index (κ2) is 10.4. The second-order valence-electron chi connectivity index (χ2n) is 7.74. The second-order valence-corrected chi connectivity index (χ2v) is 7.74. The van der Waals surface area contributed by atoms with Gasteiger partial charge in [-0.2, -0.15) is 0 Å². The number of pyridine rings is 1. The molecule has 4 aromatic rings. The van der Waals surface area contributed by atoms with Gasteiger partial charge in [0.2, 0.25) is 0 Å². The van der Waals surface area contributed by atoms with E-state index < -0.39 is 18.0 Å². The highest BCUT2D eigenvalue weighted by Crippen LogP contribution is 2.19. The maximum absolute atomic E-state index is 13.0. The number of nitrogens with one attached hydrogen (secondary N) is 2. The molecule has 0 radical (unpaired) electrons. The zero-order valence-corrected chi connectivity index (χ0v) is 18.6. The fraction of sp³-hybridized carbons (Fsp3) is 0.115. The number of nitrogens with two attached hydrogens (primary N) is 1. The van der Waals surface area contributed by atoms with Crippen molar-refractivity contribution < 1.29 is 9.59 Å². The summed E-state index contributed by atoms with van der Waals surface area (Å²) in [6, 6.07) is 26.4. The van der Waals surface area contributed by atoms with E-state index in [-0.39, 0.29) is 23.1 Å². The molecule has 2 unspecified atom stereocenters. The molecule has 0 saturated heterocycles. The molecule has 0 fully saturated rings. The Morgan fingerprint density at radius 2 is 1.41 bits per heavy atom. The average Bonchev–Trinajstić information content (AvgIpc) is 2.88. The zero-order chi connectivity index (χ0) is 23.9. The van der Waals surface area contributed by atoms with Gasteiger partial charge in [-0.05, 0) is 36.8 Å². The largest absolute Gasteiger partial charge is 0.382 e. The van der Waals surface area contributed by atoms with E-state index in [1.165, 1.54) is 12.1 Å². The number of rotatable bonds is 7. The van der Waals surface area contributed by atoms with Gasteiger partial charge in [0.25, 0.3) is 11.8 Å². The highest BCUT2D eigenvalue weighted by molar-refractivity contribution is 5.94. The van der Waals surface area contributed by atoms with E-state index >= 15 is 0 Å². The molecule has 2 heterocycles. The summed E-state index contributed by atoms with van der Waals surface area (Å²) < 4.78 is 0. The molecule has 170 valence electrons. The van der Waals surface area contributed by atoms with Crippen molar-refractivity contribution in [2.45, 2.75) is 19.0 Å². The van der Waals surface area contributed by atoms with Crippen molar-refractivity contribution in [3.63, 3.8) is 0 Å². The Hall–Kier alpha value is -4.59. The van der Waals surface area contributed by atoms with E-state index in [0.29, 0.717) is 5.69 Å². The summed E-state index contributed by atoms with van der Waals surface area (Å²) in [6.45, 7) is 1.82. The maximum atomic E-state index is 13.0. The number of carbonyl (C=O) groups excluding carboxylic acids is 2. The number of anilines is 1. The van der Waals surface area contributed by atoms with E-state index in [1.807, 2.05) is 73.7 Å². The molecule has 2 aromatic carbocycles. The van der Waals surface area contributed by atoms with Crippen molar-refractivity contribution in [1.29, 1.82) is 0 Å². The molecule has 0 saturated carbocycles. The minimum Gasteiger partial charge on any atom is -0.382 e. The van der Waals surface area contributed by atoms with Gasteiger partial charge in [-0.15, -0.1) is 10.2 Å². The van der Waals surface area contributed by atoms with Gasteiger partial charge in [0.05, 0.1) is 17.8 Å². The first-order chi connectivity index (χ1) is 16.5.